The van der Waals surface area contributed by atoms with Crippen LogP contribution in [0.1, 0.15) is 36.9 Å². The number of carbonyl (C=O) groups excluding carboxylic acids is 1. The molecule has 20 heavy (non-hydrogen) atoms. The Morgan fingerprint density at radius 2 is 2.05 bits per heavy atom. The fraction of sp³-hybridized carbons (Fsp3) is 0.615. The molecule has 1 fully saturated rings. The van der Waals surface area contributed by atoms with Gasteiger partial charge in [-0.3, -0.25) is 9.48 Å². The predicted octanol–water partition coefficient (Wildman–Crippen LogP) is 0.597. The summed E-state index contributed by atoms with van der Waals surface area (Å²) < 4.78 is 1.74. The summed E-state index contributed by atoms with van der Waals surface area (Å²) in [5.74, 6) is 0.449. The van der Waals surface area contributed by atoms with Crippen molar-refractivity contribution in [2.75, 3.05) is 11.4 Å². The second kappa shape index (κ2) is 5.78. The average molecular weight is 295 g/mol. The Morgan fingerprint density at radius 3 is 2.55 bits per heavy atom. The van der Waals surface area contributed by atoms with Gasteiger partial charge >= 0.3 is 0 Å². The smallest absolute Gasteiger partial charge is 0.237 e. The number of aryl methyl sites for hydroxylation is 2. The van der Waals surface area contributed by atoms with Crippen LogP contribution in [0.3, 0.4) is 0 Å². The average Bonchev–Trinajstić information content (AvgIpc) is 2.93. The fourth-order valence-corrected chi connectivity index (χ4v) is 3.26. The first-order valence-corrected chi connectivity index (χ1v) is 7.21. The molecule has 4 N–H and O–H groups in total. The molecule has 6 nitrogen and oxygen atoms in total. The Kier molecular flexibility index (Phi) is 4.27. The lowest BCUT2D eigenvalue weighted by Crippen LogP contribution is -2.42. The van der Waals surface area contributed by atoms with E-state index < -0.39 is 0 Å². The van der Waals surface area contributed by atoms with E-state index in [4.69, 9.17) is 23.7 Å². The summed E-state index contributed by atoms with van der Waals surface area (Å²) >= 11 is 5.14. The molecule has 0 unspecified atom stereocenters. The second-order valence-electron chi connectivity index (χ2n) is 5.30. The van der Waals surface area contributed by atoms with Crippen LogP contribution in [0.4, 0.5) is 5.82 Å². The lowest BCUT2D eigenvalue weighted by molar-refractivity contribution is -0.116. The molecule has 0 aromatic carbocycles. The molecule has 0 radical (unpaired) electrons. The first-order chi connectivity index (χ1) is 9.41. The normalized spacial score (nSPS) is 15.5. The van der Waals surface area contributed by atoms with E-state index in [1.54, 1.807) is 4.68 Å². The molecule has 1 aliphatic carbocycles. The van der Waals surface area contributed by atoms with Crippen LogP contribution in [-0.2, 0) is 11.8 Å². The summed E-state index contributed by atoms with van der Waals surface area (Å²) in [4.78, 5) is 13.7. The van der Waals surface area contributed by atoms with Gasteiger partial charge in [0.15, 0.2) is 0 Å². The lowest BCUT2D eigenvalue weighted by atomic mass is 10.1. The van der Waals surface area contributed by atoms with E-state index in [9.17, 15) is 4.79 Å². The largest absolute Gasteiger partial charge is 0.389 e. The second-order valence-corrected chi connectivity index (χ2v) is 5.74. The van der Waals surface area contributed by atoms with E-state index in [1.807, 2.05) is 18.9 Å². The minimum Gasteiger partial charge on any atom is -0.389 e. The molecule has 1 aliphatic rings. The van der Waals surface area contributed by atoms with Crippen LogP contribution in [0.2, 0.25) is 0 Å². The van der Waals surface area contributed by atoms with Gasteiger partial charge in [0.1, 0.15) is 10.8 Å². The summed E-state index contributed by atoms with van der Waals surface area (Å²) in [7, 11) is 1.84. The topological polar surface area (TPSA) is 90.2 Å². The standard InChI is InChI=1S/C13H21N5OS/c1-8-11(12(15)20)13(17(2)16-8)18(7-10(14)19)9-5-3-4-6-9/h9H,3-7H2,1-2H3,(H2,14,19)(H2,15,20). The maximum Gasteiger partial charge on any atom is 0.237 e. The van der Waals surface area contributed by atoms with E-state index in [0.717, 1.165) is 29.9 Å². The van der Waals surface area contributed by atoms with E-state index >= 15 is 0 Å². The van der Waals surface area contributed by atoms with Crippen molar-refractivity contribution in [2.24, 2.45) is 18.5 Å². The fourth-order valence-electron chi connectivity index (χ4n) is 3.02. The van der Waals surface area contributed by atoms with E-state index in [-0.39, 0.29) is 12.5 Å². The van der Waals surface area contributed by atoms with E-state index in [2.05, 4.69) is 5.10 Å². The Morgan fingerprint density at radius 1 is 1.45 bits per heavy atom. The number of rotatable bonds is 5. The number of aromatic nitrogens is 2. The van der Waals surface area contributed by atoms with Gasteiger partial charge in [-0.1, -0.05) is 25.1 Å². The zero-order valence-corrected chi connectivity index (χ0v) is 12.7. The van der Waals surface area contributed by atoms with Crippen molar-refractivity contribution in [3.63, 3.8) is 0 Å². The zero-order chi connectivity index (χ0) is 14.9. The maximum atomic E-state index is 11.4. The van der Waals surface area contributed by atoms with Crippen LogP contribution in [0.15, 0.2) is 0 Å². The molecular formula is C13H21N5OS. The summed E-state index contributed by atoms with van der Waals surface area (Å²) in [6.07, 6.45) is 4.43. The number of hydrogen-bond acceptors (Lipinski definition) is 4. The van der Waals surface area contributed by atoms with Crippen molar-refractivity contribution in [1.82, 2.24) is 9.78 Å². The molecule has 0 aliphatic heterocycles. The first kappa shape index (κ1) is 14.8. The summed E-state index contributed by atoms with van der Waals surface area (Å²) in [6, 6.07) is 0.297. The van der Waals surface area contributed by atoms with E-state index in [0.29, 0.717) is 11.0 Å². The van der Waals surface area contributed by atoms with Crippen molar-refractivity contribution in [3.05, 3.63) is 11.3 Å². The van der Waals surface area contributed by atoms with Gasteiger partial charge in [0.2, 0.25) is 5.91 Å². The third-order valence-electron chi connectivity index (χ3n) is 3.80. The molecule has 110 valence electrons. The third-order valence-corrected chi connectivity index (χ3v) is 4.01. The molecule has 0 spiro atoms. The van der Waals surface area contributed by atoms with Gasteiger partial charge in [-0.15, -0.1) is 0 Å². The molecule has 7 heteroatoms. The van der Waals surface area contributed by atoms with Crippen LogP contribution >= 0.6 is 12.2 Å². The molecule has 1 saturated carbocycles. The summed E-state index contributed by atoms with van der Waals surface area (Å²) in [6.45, 7) is 2.04. The molecule has 0 bridgehead atoms. The Balaban J connectivity index is 2.47. The van der Waals surface area contributed by atoms with Crippen molar-refractivity contribution in [1.29, 1.82) is 0 Å². The highest BCUT2D eigenvalue weighted by molar-refractivity contribution is 7.80. The van der Waals surface area contributed by atoms with Crippen LogP contribution < -0.4 is 16.4 Å². The van der Waals surface area contributed by atoms with Crippen molar-refractivity contribution in [3.8, 4) is 0 Å². The zero-order valence-electron chi connectivity index (χ0n) is 11.9. The highest BCUT2D eigenvalue weighted by atomic mass is 32.1. The highest BCUT2D eigenvalue weighted by Crippen LogP contribution is 2.31. The molecule has 1 amide bonds. The van der Waals surface area contributed by atoms with Crippen LogP contribution in [0, 0.1) is 6.92 Å². The Bertz CT molecular complexity index is 533. The molecule has 1 aromatic heterocycles. The number of anilines is 1. The van der Waals surface area contributed by atoms with Gasteiger partial charge in [-0.05, 0) is 19.8 Å². The highest BCUT2D eigenvalue weighted by Gasteiger charge is 2.29. The lowest BCUT2D eigenvalue weighted by Gasteiger charge is -2.30. The van der Waals surface area contributed by atoms with Gasteiger partial charge < -0.3 is 16.4 Å². The SMILES string of the molecule is Cc1nn(C)c(N(CC(N)=O)C2CCCC2)c1C(N)=S. The molecule has 1 heterocycles. The molecule has 1 aromatic rings. The molecule has 2 rings (SSSR count). The number of nitrogens with zero attached hydrogens (tertiary/aromatic N) is 3. The van der Waals surface area contributed by atoms with Gasteiger partial charge in [0.05, 0.1) is 17.8 Å². The van der Waals surface area contributed by atoms with Crippen LogP contribution in [0.25, 0.3) is 0 Å². The Hall–Kier alpha value is -1.63. The Labute approximate surface area is 124 Å². The third kappa shape index (κ3) is 2.77. The maximum absolute atomic E-state index is 11.4. The number of amides is 1. The van der Waals surface area contributed by atoms with Gasteiger partial charge in [0, 0.05) is 13.1 Å². The summed E-state index contributed by atoms with van der Waals surface area (Å²) in [5, 5.41) is 4.39. The predicted molar refractivity (Wildman–Crippen MR) is 82.6 cm³/mol. The monoisotopic (exact) mass is 295 g/mol. The number of primary amides is 1. The first-order valence-electron chi connectivity index (χ1n) is 6.80. The number of thiocarbonyl (C=S) groups is 1. The number of nitrogens with two attached hydrogens (primary N) is 2. The quantitative estimate of drug-likeness (QED) is 0.776. The number of carbonyl (C=O) groups is 1. The minimum absolute atomic E-state index is 0.166. The van der Waals surface area contributed by atoms with E-state index in [1.165, 1.54) is 12.8 Å². The summed E-state index contributed by atoms with van der Waals surface area (Å²) in [5.41, 5.74) is 12.8. The molecule has 0 saturated heterocycles. The minimum atomic E-state index is -0.357. The van der Waals surface area contributed by atoms with Crippen molar-refractivity contribution < 1.29 is 4.79 Å². The van der Waals surface area contributed by atoms with Gasteiger partial charge in [-0.25, -0.2) is 0 Å². The van der Waals surface area contributed by atoms with Crippen LogP contribution in [0.5, 0.6) is 0 Å². The van der Waals surface area contributed by atoms with Gasteiger partial charge in [0.25, 0.3) is 0 Å². The van der Waals surface area contributed by atoms with Crippen LogP contribution in [-0.4, -0.2) is 33.3 Å². The number of hydrogen-bond donors (Lipinski definition) is 2. The van der Waals surface area contributed by atoms with Gasteiger partial charge in [-0.2, -0.15) is 5.10 Å². The molecule has 0 atom stereocenters. The molecular weight excluding hydrogens is 274 g/mol. The van der Waals surface area contributed by atoms with Crippen molar-refractivity contribution >= 4 is 28.9 Å². The van der Waals surface area contributed by atoms with Crippen molar-refractivity contribution in [2.45, 2.75) is 38.6 Å².